The summed E-state index contributed by atoms with van der Waals surface area (Å²) < 4.78 is 0. The maximum Gasteiger partial charge on any atom is 0.157 e. The second kappa shape index (κ2) is 5.40. The Morgan fingerprint density at radius 1 is 1.41 bits per heavy atom. The maximum atomic E-state index is 4.71. The highest BCUT2D eigenvalue weighted by Gasteiger charge is 2.22. The van der Waals surface area contributed by atoms with Crippen LogP contribution in [0.4, 0.5) is 0 Å². The third-order valence-electron chi connectivity index (χ3n) is 2.79. The van der Waals surface area contributed by atoms with Crippen molar-refractivity contribution in [1.29, 1.82) is 0 Å². The Labute approximate surface area is 111 Å². The van der Waals surface area contributed by atoms with E-state index in [4.69, 9.17) is 4.99 Å². The van der Waals surface area contributed by atoms with E-state index in [9.17, 15) is 0 Å². The monoisotopic (exact) mass is 269 g/mol. The Morgan fingerprint density at radius 2 is 2.18 bits per heavy atom. The zero-order valence-electron chi connectivity index (χ0n) is 10.7. The summed E-state index contributed by atoms with van der Waals surface area (Å²) >= 11 is 3.57. The first-order valence-electron chi connectivity index (χ1n) is 5.95. The predicted octanol–water partition coefficient (Wildman–Crippen LogP) is 3.23. The molecule has 0 aromatic carbocycles. The zero-order valence-corrected chi connectivity index (χ0v) is 12.4. The summed E-state index contributed by atoms with van der Waals surface area (Å²) in [6, 6.07) is 0.721. The number of nitrogens with one attached hydrogen (secondary N) is 1. The Kier molecular flexibility index (Phi) is 4.09. The smallest absolute Gasteiger partial charge is 0.157 e. The number of thiazole rings is 1. The Hall–Kier alpha value is -0.550. The number of aryl methyl sites for hydroxylation is 1. The van der Waals surface area contributed by atoms with Gasteiger partial charge in [0, 0.05) is 16.8 Å². The van der Waals surface area contributed by atoms with E-state index in [-0.39, 0.29) is 6.04 Å². The standard InChI is InChI=1S/C12H19N3S2/c1-7(2)10-6-16-12(15-10)14-9(4)11-13-5-8(3)17-11/h5,7,9-10H,6H2,1-4H3,(H,14,15)/t9?,10-/m1/s1. The molecule has 17 heavy (non-hydrogen) atoms. The number of nitrogens with zero attached hydrogens (tertiary/aromatic N) is 2. The number of amidine groups is 1. The topological polar surface area (TPSA) is 37.3 Å². The molecule has 1 unspecified atom stereocenters. The molecular formula is C12H19N3S2. The molecule has 1 aliphatic heterocycles. The van der Waals surface area contributed by atoms with E-state index in [2.05, 4.69) is 38.0 Å². The van der Waals surface area contributed by atoms with Crippen molar-refractivity contribution in [2.75, 3.05) is 5.75 Å². The van der Waals surface area contributed by atoms with Crippen molar-refractivity contribution in [3.05, 3.63) is 16.1 Å². The maximum absolute atomic E-state index is 4.71. The second-order valence-corrected chi connectivity index (χ2v) is 7.01. The molecule has 0 saturated carbocycles. The quantitative estimate of drug-likeness (QED) is 0.915. The molecule has 0 bridgehead atoms. The van der Waals surface area contributed by atoms with Crippen molar-refractivity contribution in [3.8, 4) is 0 Å². The molecule has 1 N–H and O–H groups in total. The van der Waals surface area contributed by atoms with Gasteiger partial charge in [0.05, 0.1) is 12.1 Å². The Balaban J connectivity index is 1.96. The van der Waals surface area contributed by atoms with Gasteiger partial charge in [-0.25, -0.2) is 4.98 Å². The highest BCUT2D eigenvalue weighted by molar-refractivity contribution is 8.14. The van der Waals surface area contributed by atoms with Crippen molar-refractivity contribution in [2.24, 2.45) is 10.9 Å². The van der Waals surface area contributed by atoms with Gasteiger partial charge in [-0.1, -0.05) is 25.6 Å². The van der Waals surface area contributed by atoms with E-state index in [1.54, 1.807) is 11.3 Å². The number of thioether (sulfide) groups is 1. The van der Waals surface area contributed by atoms with Gasteiger partial charge >= 0.3 is 0 Å². The summed E-state index contributed by atoms with van der Waals surface area (Å²) in [7, 11) is 0. The molecule has 1 aliphatic rings. The summed E-state index contributed by atoms with van der Waals surface area (Å²) in [5.41, 5.74) is 0. The molecule has 5 heteroatoms. The van der Waals surface area contributed by atoms with Crippen LogP contribution in [0, 0.1) is 12.8 Å². The van der Waals surface area contributed by atoms with Crippen LogP contribution in [-0.2, 0) is 0 Å². The highest BCUT2D eigenvalue weighted by atomic mass is 32.2. The molecule has 0 radical (unpaired) electrons. The van der Waals surface area contributed by atoms with E-state index in [0.717, 1.165) is 15.9 Å². The van der Waals surface area contributed by atoms with Gasteiger partial charge in [0.2, 0.25) is 0 Å². The molecule has 0 saturated heterocycles. The Morgan fingerprint density at radius 3 is 2.71 bits per heavy atom. The van der Waals surface area contributed by atoms with Gasteiger partial charge in [0.25, 0.3) is 0 Å². The molecule has 2 heterocycles. The lowest BCUT2D eigenvalue weighted by molar-refractivity contribution is 0.541. The van der Waals surface area contributed by atoms with E-state index < -0.39 is 0 Å². The van der Waals surface area contributed by atoms with Crippen LogP contribution < -0.4 is 5.32 Å². The largest absolute Gasteiger partial charge is 0.356 e. The number of aromatic nitrogens is 1. The average molecular weight is 269 g/mol. The van der Waals surface area contributed by atoms with Crippen molar-refractivity contribution >= 4 is 28.3 Å². The van der Waals surface area contributed by atoms with Gasteiger partial charge in [-0.3, -0.25) is 4.99 Å². The highest BCUT2D eigenvalue weighted by Crippen LogP contribution is 2.25. The predicted molar refractivity (Wildman–Crippen MR) is 76.9 cm³/mol. The van der Waals surface area contributed by atoms with Crippen LogP contribution in [0.1, 0.15) is 36.7 Å². The molecule has 1 aromatic rings. The lowest BCUT2D eigenvalue weighted by atomic mass is 10.1. The minimum absolute atomic E-state index is 0.255. The first-order valence-corrected chi connectivity index (χ1v) is 7.76. The number of aliphatic imine (C=N–C) groups is 1. The third-order valence-corrected chi connectivity index (χ3v) is 4.89. The minimum Gasteiger partial charge on any atom is -0.356 e. The SMILES string of the molecule is Cc1cnc(C(C)NC2=N[C@@H](C(C)C)CS2)s1. The lowest BCUT2D eigenvalue weighted by Gasteiger charge is -2.11. The van der Waals surface area contributed by atoms with Gasteiger partial charge < -0.3 is 5.32 Å². The Bertz CT molecular complexity index is 412. The molecule has 0 fully saturated rings. The van der Waals surface area contributed by atoms with E-state index in [0.29, 0.717) is 12.0 Å². The van der Waals surface area contributed by atoms with Crippen LogP contribution in [0.25, 0.3) is 0 Å². The molecule has 2 rings (SSSR count). The van der Waals surface area contributed by atoms with Gasteiger partial charge in [-0.15, -0.1) is 11.3 Å². The molecule has 3 nitrogen and oxygen atoms in total. The summed E-state index contributed by atoms with van der Waals surface area (Å²) in [6.45, 7) is 8.69. The number of hydrogen-bond donors (Lipinski definition) is 1. The summed E-state index contributed by atoms with van der Waals surface area (Å²) in [4.78, 5) is 10.4. The van der Waals surface area contributed by atoms with Crippen LogP contribution in [0.2, 0.25) is 0 Å². The lowest BCUT2D eigenvalue weighted by Crippen LogP contribution is -2.23. The van der Waals surface area contributed by atoms with Crippen LogP contribution in [0.3, 0.4) is 0 Å². The minimum atomic E-state index is 0.255. The fourth-order valence-electron chi connectivity index (χ4n) is 1.63. The van der Waals surface area contributed by atoms with E-state index >= 15 is 0 Å². The number of hydrogen-bond acceptors (Lipinski definition) is 5. The van der Waals surface area contributed by atoms with Crippen LogP contribution in [0.15, 0.2) is 11.2 Å². The van der Waals surface area contributed by atoms with Crippen molar-refractivity contribution in [3.63, 3.8) is 0 Å². The average Bonchev–Trinajstić information content (AvgIpc) is 2.86. The van der Waals surface area contributed by atoms with Crippen LogP contribution >= 0.6 is 23.1 Å². The van der Waals surface area contributed by atoms with Gasteiger partial charge in [-0.05, 0) is 19.8 Å². The molecule has 1 aromatic heterocycles. The van der Waals surface area contributed by atoms with Crippen molar-refractivity contribution in [2.45, 2.75) is 39.8 Å². The molecule has 94 valence electrons. The summed E-state index contributed by atoms with van der Waals surface area (Å²) in [6.07, 6.45) is 1.93. The van der Waals surface area contributed by atoms with Crippen molar-refractivity contribution < 1.29 is 0 Å². The molecule has 0 amide bonds. The van der Waals surface area contributed by atoms with Crippen molar-refractivity contribution in [1.82, 2.24) is 10.3 Å². The normalized spacial score (nSPS) is 21.7. The van der Waals surface area contributed by atoms with E-state index in [1.807, 2.05) is 18.0 Å². The van der Waals surface area contributed by atoms with E-state index in [1.165, 1.54) is 4.88 Å². The summed E-state index contributed by atoms with van der Waals surface area (Å²) in [5, 5.41) is 5.67. The molecular weight excluding hydrogens is 250 g/mol. The zero-order chi connectivity index (χ0) is 12.4. The molecule has 0 spiro atoms. The van der Waals surface area contributed by atoms with Gasteiger partial charge in [0.15, 0.2) is 5.17 Å². The first-order chi connectivity index (χ1) is 8.06. The van der Waals surface area contributed by atoms with Crippen LogP contribution in [-0.4, -0.2) is 21.9 Å². The molecule has 0 aliphatic carbocycles. The fraction of sp³-hybridized carbons (Fsp3) is 0.667. The second-order valence-electron chi connectivity index (χ2n) is 4.73. The fourth-order valence-corrected chi connectivity index (χ4v) is 3.66. The molecule has 2 atom stereocenters. The first kappa shape index (κ1) is 12.9. The summed E-state index contributed by atoms with van der Waals surface area (Å²) in [5.74, 6) is 1.73. The van der Waals surface area contributed by atoms with Gasteiger partial charge in [0.1, 0.15) is 5.01 Å². The number of rotatable bonds is 3. The van der Waals surface area contributed by atoms with Gasteiger partial charge in [-0.2, -0.15) is 0 Å². The third kappa shape index (κ3) is 3.22. The van der Waals surface area contributed by atoms with Crippen LogP contribution in [0.5, 0.6) is 0 Å².